The van der Waals surface area contributed by atoms with E-state index in [4.69, 9.17) is 9.47 Å². The second kappa shape index (κ2) is 8.26. The van der Waals surface area contributed by atoms with Crippen molar-refractivity contribution in [2.45, 2.75) is 19.3 Å². The van der Waals surface area contributed by atoms with Crippen LogP contribution in [-0.2, 0) is 0 Å². The van der Waals surface area contributed by atoms with Gasteiger partial charge in [-0.2, -0.15) is 4.98 Å². The van der Waals surface area contributed by atoms with Gasteiger partial charge in [0.1, 0.15) is 17.3 Å². The highest BCUT2D eigenvalue weighted by Gasteiger charge is 2.30. The van der Waals surface area contributed by atoms with E-state index in [2.05, 4.69) is 15.0 Å². The molecule has 7 heteroatoms. The number of aryl methyl sites for hydroxylation is 1. The van der Waals surface area contributed by atoms with Crippen LogP contribution in [0.25, 0.3) is 0 Å². The van der Waals surface area contributed by atoms with Crippen molar-refractivity contribution in [2.75, 3.05) is 20.2 Å². The summed E-state index contributed by atoms with van der Waals surface area (Å²) in [6, 6.07) is 12.7. The molecule has 1 fully saturated rings. The van der Waals surface area contributed by atoms with Crippen LogP contribution in [0.15, 0.2) is 54.9 Å². The monoisotopic (exact) mass is 390 g/mol. The lowest BCUT2D eigenvalue weighted by atomic mass is 10.1. The number of hydrogen-bond donors (Lipinski definition) is 0. The number of benzene rings is 1. The zero-order chi connectivity index (χ0) is 20.2. The molecule has 148 valence electrons. The van der Waals surface area contributed by atoms with Gasteiger partial charge in [-0.3, -0.25) is 9.78 Å². The number of aromatic nitrogens is 3. The first kappa shape index (κ1) is 18.9. The van der Waals surface area contributed by atoms with E-state index in [9.17, 15) is 4.79 Å². The number of pyridine rings is 1. The van der Waals surface area contributed by atoms with E-state index in [-0.39, 0.29) is 11.8 Å². The Bertz CT molecular complexity index is 993. The van der Waals surface area contributed by atoms with E-state index in [1.54, 1.807) is 37.7 Å². The normalized spacial score (nSPS) is 15.9. The molecule has 4 rings (SSSR count). The van der Waals surface area contributed by atoms with Gasteiger partial charge in [-0.1, -0.05) is 0 Å². The predicted molar refractivity (Wildman–Crippen MR) is 107 cm³/mol. The van der Waals surface area contributed by atoms with Crippen molar-refractivity contribution in [3.05, 3.63) is 71.9 Å². The zero-order valence-electron chi connectivity index (χ0n) is 16.4. The lowest BCUT2D eigenvalue weighted by Crippen LogP contribution is -2.28. The van der Waals surface area contributed by atoms with Gasteiger partial charge in [0.05, 0.1) is 12.7 Å². The first-order valence-electron chi connectivity index (χ1n) is 9.49. The fourth-order valence-electron chi connectivity index (χ4n) is 3.39. The lowest BCUT2D eigenvalue weighted by molar-refractivity contribution is 0.0790. The lowest BCUT2D eigenvalue weighted by Gasteiger charge is -2.16. The smallest absolute Gasteiger partial charge is 0.255 e. The number of nitrogens with zero attached hydrogens (tertiary/aromatic N) is 4. The number of likely N-dealkylation sites (tertiary alicyclic amines) is 1. The first-order valence-corrected chi connectivity index (χ1v) is 9.49. The molecule has 7 nitrogen and oxygen atoms in total. The van der Waals surface area contributed by atoms with Crippen LogP contribution in [-0.4, -0.2) is 46.0 Å². The van der Waals surface area contributed by atoms with Crippen LogP contribution in [0.2, 0.25) is 0 Å². The molecule has 1 amide bonds. The minimum atomic E-state index is -0.0111. The Morgan fingerprint density at radius 2 is 1.93 bits per heavy atom. The summed E-state index contributed by atoms with van der Waals surface area (Å²) in [5, 5.41) is 0. The molecule has 0 unspecified atom stereocenters. The average molecular weight is 390 g/mol. The van der Waals surface area contributed by atoms with E-state index >= 15 is 0 Å². The quantitative estimate of drug-likeness (QED) is 0.662. The highest BCUT2D eigenvalue weighted by Crippen LogP contribution is 2.29. The third-order valence-corrected chi connectivity index (χ3v) is 4.88. The molecule has 0 aliphatic carbocycles. The number of amides is 1. The van der Waals surface area contributed by atoms with E-state index in [1.165, 1.54) is 0 Å². The van der Waals surface area contributed by atoms with Crippen LogP contribution in [0.1, 0.15) is 34.2 Å². The molecule has 0 saturated carbocycles. The van der Waals surface area contributed by atoms with Crippen molar-refractivity contribution in [1.29, 1.82) is 0 Å². The highest BCUT2D eigenvalue weighted by molar-refractivity contribution is 5.94. The van der Waals surface area contributed by atoms with Crippen molar-refractivity contribution in [3.63, 3.8) is 0 Å². The van der Waals surface area contributed by atoms with Crippen LogP contribution in [0.4, 0.5) is 0 Å². The van der Waals surface area contributed by atoms with Crippen LogP contribution < -0.4 is 9.47 Å². The maximum absolute atomic E-state index is 12.7. The van der Waals surface area contributed by atoms with Gasteiger partial charge in [-0.25, -0.2) is 4.98 Å². The maximum Gasteiger partial charge on any atom is 0.255 e. The maximum atomic E-state index is 12.7. The van der Waals surface area contributed by atoms with Crippen molar-refractivity contribution >= 4 is 5.91 Å². The molecule has 1 atom stereocenters. The van der Waals surface area contributed by atoms with Gasteiger partial charge >= 0.3 is 0 Å². The van der Waals surface area contributed by atoms with Gasteiger partial charge in [0.15, 0.2) is 0 Å². The largest absolute Gasteiger partial charge is 0.497 e. The fourth-order valence-corrected chi connectivity index (χ4v) is 3.39. The molecule has 0 bridgehead atoms. The van der Waals surface area contributed by atoms with E-state index in [0.717, 1.165) is 17.9 Å². The van der Waals surface area contributed by atoms with Crippen molar-refractivity contribution in [3.8, 4) is 17.4 Å². The van der Waals surface area contributed by atoms with Crippen LogP contribution in [0, 0.1) is 6.92 Å². The van der Waals surface area contributed by atoms with E-state index < -0.39 is 0 Å². The molecule has 3 heterocycles. The Morgan fingerprint density at radius 1 is 1.14 bits per heavy atom. The summed E-state index contributed by atoms with van der Waals surface area (Å²) < 4.78 is 11.1. The molecular formula is C22H22N4O3. The molecule has 2 aromatic heterocycles. The minimum Gasteiger partial charge on any atom is -0.497 e. The molecule has 0 N–H and O–H groups in total. The molecule has 1 aliphatic rings. The van der Waals surface area contributed by atoms with Gasteiger partial charge in [0.2, 0.25) is 5.88 Å². The highest BCUT2D eigenvalue weighted by atomic mass is 16.5. The summed E-state index contributed by atoms with van der Waals surface area (Å²) in [6.07, 6.45) is 4.07. The van der Waals surface area contributed by atoms with Crippen molar-refractivity contribution in [1.82, 2.24) is 19.9 Å². The molecule has 29 heavy (non-hydrogen) atoms. The predicted octanol–water partition coefficient (Wildman–Crippen LogP) is 3.61. The van der Waals surface area contributed by atoms with Crippen LogP contribution >= 0.6 is 0 Å². The summed E-state index contributed by atoms with van der Waals surface area (Å²) in [5.41, 5.74) is 1.43. The van der Waals surface area contributed by atoms with E-state index in [0.29, 0.717) is 36.1 Å². The second-order valence-corrected chi connectivity index (χ2v) is 6.96. The summed E-state index contributed by atoms with van der Waals surface area (Å²) in [6.45, 7) is 3.17. The standard InChI is InChI=1S/C22H22N4O3/c1-15-12-20(29-19-7-5-18(28-2)6-8-19)25-21(24-15)17-9-11-26(14-17)22(27)16-4-3-10-23-13-16/h3-8,10,12-13,17H,9,11,14H2,1-2H3/t17-/m1/s1. The Hall–Kier alpha value is -3.48. The Kier molecular flexibility index (Phi) is 5.37. The molecule has 3 aromatic rings. The van der Waals surface area contributed by atoms with Gasteiger partial charge < -0.3 is 14.4 Å². The van der Waals surface area contributed by atoms with Crippen LogP contribution in [0.5, 0.6) is 17.4 Å². The molecule has 0 radical (unpaired) electrons. The zero-order valence-corrected chi connectivity index (χ0v) is 16.4. The van der Waals surface area contributed by atoms with Gasteiger partial charge in [0.25, 0.3) is 5.91 Å². The summed E-state index contributed by atoms with van der Waals surface area (Å²) in [4.78, 5) is 27.7. The topological polar surface area (TPSA) is 77.4 Å². The Labute approximate surface area is 169 Å². The van der Waals surface area contributed by atoms with Crippen LogP contribution in [0.3, 0.4) is 0 Å². The number of methoxy groups -OCH3 is 1. The summed E-state index contributed by atoms with van der Waals surface area (Å²) in [7, 11) is 1.62. The van der Waals surface area contributed by atoms with Crippen molar-refractivity contribution < 1.29 is 14.3 Å². The minimum absolute atomic E-state index is 0.0111. The average Bonchev–Trinajstić information content (AvgIpc) is 3.24. The molecule has 1 saturated heterocycles. The Morgan fingerprint density at radius 3 is 2.66 bits per heavy atom. The van der Waals surface area contributed by atoms with Gasteiger partial charge in [-0.15, -0.1) is 0 Å². The summed E-state index contributed by atoms with van der Waals surface area (Å²) >= 11 is 0. The number of carbonyl (C=O) groups is 1. The molecule has 1 aliphatic heterocycles. The Balaban J connectivity index is 1.48. The summed E-state index contributed by atoms with van der Waals surface area (Å²) in [5.74, 6) is 2.71. The number of ether oxygens (including phenoxy) is 2. The molecular weight excluding hydrogens is 368 g/mol. The van der Waals surface area contributed by atoms with Gasteiger partial charge in [0, 0.05) is 43.2 Å². The number of rotatable bonds is 5. The number of carbonyl (C=O) groups excluding carboxylic acids is 1. The fraction of sp³-hybridized carbons (Fsp3) is 0.273. The number of hydrogen-bond acceptors (Lipinski definition) is 6. The molecule has 0 spiro atoms. The SMILES string of the molecule is COc1ccc(Oc2cc(C)nc([C@@H]3CCN(C(=O)c4cccnc4)C3)n2)cc1. The second-order valence-electron chi connectivity index (χ2n) is 6.96. The van der Waals surface area contributed by atoms with E-state index in [1.807, 2.05) is 36.1 Å². The van der Waals surface area contributed by atoms with Crippen molar-refractivity contribution in [2.24, 2.45) is 0 Å². The molecule has 1 aromatic carbocycles. The first-order chi connectivity index (χ1) is 14.1. The third-order valence-electron chi connectivity index (χ3n) is 4.88. The third kappa shape index (κ3) is 4.34. The van der Waals surface area contributed by atoms with Gasteiger partial charge in [-0.05, 0) is 49.7 Å².